The van der Waals surface area contributed by atoms with Gasteiger partial charge in [-0.3, -0.25) is 9.59 Å². The van der Waals surface area contributed by atoms with Crippen LogP contribution in [0.25, 0.3) is 0 Å². The van der Waals surface area contributed by atoms with E-state index in [4.69, 9.17) is 0 Å². The lowest BCUT2D eigenvalue weighted by molar-refractivity contribution is -0.134. The van der Waals surface area contributed by atoms with Gasteiger partial charge in [-0.1, -0.05) is 36.4 Å². The van der Waals surface area contributed by atoms with Crippen molar-refractivity contribution in [3.63, 3.8) is 0 Å². The standard InChI is InChI=1S/C21H27N3O2S/c1-22-15-17-9-11-24(12-10-17)21(26)18(14-16-6-3-2-4-7-16)23-20(25)19-8-5-13-27-19/h2-8,13,17-18,22H,9-12,14-15H2,1H3,(H,23,25). The van der Waals surface area contributed by atoms with Crippen molar-refractivity contribution >= 4 is 23.2 Å². The molecule has 1 fully saturated rings. The average molecular weight is 386 g/mol. The summed E-state index contributed by atoms with van der Waals surface area (Å²) in [6, 6.07) is 13.0. The fourth-order valence-corrected chi connectivity index (χ4v) is 4.18. The Morgan fingerprint density at radius 3 is 2.52 bits per heavy atom. The minimum Gasteiger partial charge on any atom is -0.341 e. The molecule has 0 aliphatic carbocycles. The van der Waals surface area contributed by atoms with Gasteiger partial charge in [-0.25, -0.2) is 0 Å². The first kappa shape index (κ1) is 19.6. The van der Waals surface area contributed by atoms with Gasteiger partial charge in [0.15, 0.2) is 0 Å². The van der Waals surface area contributed by atoms with Crippen molar-refractivity contribution < 1.29 is 9.59 Å². The molecule has 5 nitrogen and oxygen atoms in total. The largest absolute Gasteiger partial charge is 0.341 e. The second kappa shape index (κ2) is 9.67. The molecular weight excluding hydrogens is 358 g/mol. The molecule has 0 radical (unpaired) electrons. The van der Waals surface area contributed by atoms with Gasteiger partial charge in [0.25, 0.3) is 5.91 Å². The number of likely N-dealkylation sites (tertiary alicyclic amines) is 1. The van der Waals surface area contributed by atoms with Crippen LogP contribution in [0.4, 0.5) is 0 Å². The maximum absolute atomic E-state index is 13.2. The second-order valence-corrected chi connectivity index (χ2v) is 7.97. The summed E-state index contributed by atoms with van der Waals surface area (Å²) in [6.45, 7) is 2.50. The van der Waals surface area contributed by atoms with Crippen LogP contribution in [0.3, 0.4) is 0 Å². The van der Waals surface area contributed by atoms with Crippen molar-refractivity contribution in [1.82, 2.24) is 15.5 Å². The predicted molar refractivity (Wildman–Crippen MR) is 109 cm³/mol. The van der Waals surface area contributed by atoms with E-state index in [1.807, 2.05) is 53.7 Å². The molecule has 1 atom stereocenters. The Morgan fingerprint density at radius 2 is 1.89 bits per heavy atom. The molecule has 3 rings (SSSR count). The minimum absolute atomic E-state index is 0.0201. The molecule has 2 heterocycles. The zero-order valence-corrected chi connectivity index (χ0v) is 16.5. The SMILES string of the molecule is CNCC1CCN(C(=O)C(Cc2ccccc2)NC(=O)c2cccs2)CC1. The summed E-state index contributed by atoms with van der Waals surface area (Å²) in [6.07, 6.45) is 2.51. The van der Waals surface area contributed by atoms with Gasteiger partial charge in [0.1, 0.15) is 6.04 Å². The third kappa shape index (κ3) is 5.40. The highest BCUT2D eigenvalue weighted by molar-refractivity contribution is 7.12. The first-order valence-electron chi connectivity index (χ1n) is 9.49. The van der Waals surface area contributed by atoms with Crippen molar-refractivity contribution in [2.45, 2.75) is 25.3 Å². The highest BCUT2D eigenvalue weighted by Gasteiger charge is 2.29. The number of rotatable bonds is 7. The van der Waals surface area contributed by atoms with Crippen molar-refractivity contribution in [2.75, 3.05) is 26.7 Å². The molecule has 2 amide bonds. The van der Waals surface area contributed by atoms with Crippen LogP contribution in [-0.4, -0.2) is 49.4 Å². The molecule has 1 unspecified atom stereocenters. The average Bonchev–Trinajstić information content (AvgIpc) is 3.24. The quantitative estimate of drug-likeness (QED) is 0.770. The van der Waals surface area contributed by atoms with E-state index < -0.39 is 6.04 Å². The lowest BCUT2D eigenvalue weighted by Gasteiger charge is -2.34. The molecule has 27 heavy (non-hydrogen) atoms. The second-order valence-electron chi connectivity index (χ2n) is 7.02. The number of hydrogen-bond donors (Lipinski definition) is 2. The van der Waals surface area contributed by atoms with Gasteiger partial charge in [0.05, 0.1) is 4.88 Å². The number of carbonyl (C=O) groups excluding carboxylic acids is 2. The molecule has 0 bridgehead atoms. The van der Waals surface area contributed by atoms with Gasteiger partial charge in [0.2, 0.25) is 5.91 Å². The van der Waals surface area contributed by atoms with E-state index in [2.05, 4.69) is 10.6 Å². The zero-order valence-electron chi connectivity index (χ0n) is 15.7. The zero-order chi connectivity index (χ0) is 19.1. The number of nitrogens with one attached hydrogen (secondary N) is 2. The number of hydrogen-bond acceptors (Lipinski definition) is 4. The van der Waals surface area contributed by atoms with E-state index in [1.165, 1.54) is 11.3 Å². The molecule has 1 aliphatic rings. The normalized spacial score (nSPS) is 16.1. The van der Waals surface area contributed by atoms with Crippen LogP contribution in [-0.2, 0) is 11.2 Å². The van der Waals surface area contributed by atoms with Crippen LogP contribution in [0.1, 0.15) is 28.1 Å². The molecule has 2 aromatic rings. The Morgan fingerprint density at radius 1 is 1.15 bits per heavy atom. The smallest absolute Gasteiger partial charge is 0.262 e. The monoisotopic (exact) mass is 385 g/mol. The first-order chi connectivity index (χ1) is 13.2. The first-order valence-corrected chi connectivity index (χ1v) is 10.4. The van der Waals surface area contributed by atoms with Gasteiger partial charge in [0, 0.05) is 19.5 Å². The fourth-order valence-electron chi connectivity index (χ4n) is 3.55. The molecule has 1 aliphatic heterocycles. The van der Waals surface area contributed by atoms with Crippen LogP contribution in [0.15, 0.2) is 47.8 Å². The Labute approximate surface area is 164 Å². The van der Waals surface area contributed by atoms with Crippen molar-refractivity contribution in [3.8, 4) is 0 Å². The van der Waals surface area contributed by atoms with Crippen LogP contribution in [0, 0.1) is 5.92 Å². The summed E-state index contributed by atoms with van der Waals surface area (Å²) >= 11 is 1.39. The topological polar surface area (TPSA) is 61.4 Å². The number of benzene rings is 1. The van der Waals surface area contributed by atoms with Crippen molar-refractivity contribution in [3.05, 3.63) is 58.3 Å². The van der Waals surface area contributed by atoms with Crippen LogP contribution < -0.4 is 10.6 Å². The maximum Gasteiger partial charge on any atom is 0.262 e. The van der Waals surface area contributed by atoms with Gasteiger partial charge in [-0.05, 0) is 49.4 Å². The molecule has 144 valence electrons. The van der Waals surface area contributed by atoms with Gasteiger partial charge in [-0.2, -0.15) is 0 Å². The molecule has 2 N–H and O–H groups in total. The van der Waals surface area contributed by atoms with Crippen LogP contribution >= 0.6 is 11.3 Å². The number of thiophene rings is 1. The van der Waals surface area contributed by atoms with Crippen LogP contribution in [0.5, 0.6) is 0 Å². The molecule has 1 aromatic carbocycles. The van der Waals surface area contributed by atoms with E-state index in [-0.39, 0.29) is 11.8 Å². The predicted octanol–water partition coefficient (Wildman–Crippen LogP) is 2.55. The summed E-state index contributed by atoms with van der Waals surface area (Å²) in [5, 5.41) is 8.06. The lowest BCUT2D eigenvalue weighted by Crippen LogP contribution is -2.52. The minimum atomic E-state index is -0.539. The van der Waals surface area contributed by atoms with E-state index in [1.54, 1.807) is 6.07 Å². The summed E-state index contributed by atoms with van der Waals surface area (Å²) in [7, 11) is 1.97. The van der Waals surface area contributed by atoms with Crippen LogP contribution in [0.2, 0.25) is 0 Å². The molecule has 0 saturated carbocycles. The van der Waals surface area contributed by atoms with E-state index in [0.29, 0.717) is 17.2 Å². The van der Waals surface area contributed by atoms with E-state index in [9.17, 15) is 9.59 Å². The number of carbonyl (C=O) groups is 2. The van der Waals surface area contributed by atoms with E-state index >= 15 is 0 Å². The Kier molecular flexibility index (Phi) is 7.01. The molecule has 6 heteroatoms. The summed E-state index contributed by atoms with van der Waals surface area (Å²) < 4.78 is 0. The molecule has 0 spiro atoms. The van der Waals surface area contributed by atoms with Crippen molar-refractivity contribution in [2.24, 2.45) is 5.92 Å². The Bertz CT molecular complexity index is 725. The number of amides is 2. The summed E-state index contributed by atoms with van der Waals surface area (Å²) in [5.41, 5.74) is 1.05. The molecule has 1 aromatic heterocycles. The summed E-state index contributed by atoms with van der Waals surface area (Å²) in [4.78, 5) is 28.3. The summed E-state index contributed by atoms with van der Waals surface area (Å²) in [5.74, 6) is 0.461. The van der Waals surface area contributed by atoms with Gasteiger partial charge >= 0.3 is 0 Å². The molecular formula is C21H27N3O2S. The number of piperidine rings is 1. The Hall–Kier alpha value is -2.18. The lowest BCUT2D eigenvalue weighted by atomic mass is 9.95. The van der Waals surface area contributed by atoms with E-state index in [0.717, 1.165) is 38.0 Å². The highest BCUT2D eigenvalue weighted by atomic mass is 32.1. The number of nitrogens with zero attached hydrogens (tertiary/aromatic N) is 1. The van der Waals surface area contributed by atoms with Crippen molar-refractivity contribution in [1.29, 1.82) is 0 Å². The highest BCUT2D eigenvalue weighted by Crippen LogP contribution is 2.18. The fraction of sp³-hybridized carbons (Fsp3) is 0.429. The third-order valence-electron chi connectivity index (χ3n) is 5.05. The Balaban J connectivity index is 1.68. The molecule has 1 saturated heterocycles. The third-order valence-corrected chi connectivity index (χ3v) is 5.92. The maximum atomic E-state index is 13.2. The van der Waals surface area contributed by atoms with Gasteiger partial charge in [-0.15, -0.1) is 11.3 Å². The van der Waals surface area contributed by atoms with Gasteiger partial charge < -0.3 is 15.5 Å².